The van der Waals surface area contributed by atoms with E-state index in [-0.39, 0.29) is 34.6 Å². The average Bonchev–Trinajstić information content (AvgIpc) is 2.40. The van der Waals surface area contributed by atoms with Gasteiger partial charge in [0.25, 0.3) is 0 Å². The van der Waals surface area contributed by atoms with Gasteiger partial charge in [0.05, 0.1) is 9.92 Å². The third-order valence-corrected chi connectivity index (χ3v) is 4.20. The Kier molecular flexibility index (Phi) is 9.86. The van der Waals surface area contributed by atoms with Gasteiger partial charge in [-0.25, -0.2) is 13.1 Å². The number of sulfonamides is 1. The van der Waals surface area contributed by atoms with Gasteiger partial charge in [0.2, 0.25) is 10.0 Å². The van der Waals surface area contributed by atoms with E-state index in [1.165, 1.54) is 0 Å². The first-order valence-corrected chi connectivity index (χ1v) is 8.17. The first-order chi connectivity index (χ1) is 9.86. The lowest BCUT2D eigenvalue weighted by Crippen LogP contribution is -2.32. The molecule has 0 spiro atoms. The second-order valence-corrected chi connectivity index (χ2v) is 6.29. The van der Waals surface area contributed by atoms with Crippen molar-refractivity contribution < 1.29 is 21.9 Å². The molecule has 1 aromatic rings. The highest BCUT2D eigenvalue weighted by molar-refractivity contribution is 7.89. The van der Waals surface area contributed by atoms with E-state index in [9.17, 15) is 17.2 Å². The van der Waals surface area contributed by atoms with Gasteiger partial charge in [0.1, 0.15) is 5.75 Å². The lowest BCUT2D eigenvalue weighted by atomic mass is 10.3. The van der Waals surface area contributed by atoms with Gasteiger partial charge >= 0.3 is 6.61 Å². The lowest BCUT2D eigenvalue weighted by molar-refractivity contribution is -0.0498. The minimum Gasteiger partial charge on any atom is -0.433 e. The zero-order chi connectivity index (χ0) is 15.9. The summed E-state index contributed by atoms with van der Waals surface area (Å²) < 4.78 is 54.6. The molecule has 0 atom stereocenters. The normalized spacial score (nSPS) is 11.3. The van der Waals surface area contributed by atoms with Gasteiger partial charge in [-0.3, -0.25) is 0 Å². The molecular formula is C12H18Cl2F2N2O3S. The molecule has 0 aliphatic rings. The Morgan fingerprint density at radius 1 is 1.27 bits per heavy atom. The second kappa shape index (κ2) is 10.2. The van der Waals surface area contributed by atoms with Crippen molar-refractivity contribution in [3.8, 4) is 5.75 Å². The van der Waals surface area contributed by atoms with Gasteiger partial charge in [-0.1, -0.05) is 18.5 Å². The fourth-order valence-electron chi connectivity index (χ4n) is 1.50. The predicted octanol–water partition coefficient (Wildman–Crippen LogP) is 2.64. The summed E-state index contributed by atoms with van der Waals surface area (Å²) in [5, 5.41) is 2.85. The summed E-state index contributed by atoms with van der Waals surface area (Å²) in [5.74, 6) is -0.268. The highest BCUT2D eigenvalue weighted by Crippen LogP contribution is 2.28. The van der Waals surface area contributed by atoms with Crippen LogP contribution in [0.3, 0.4) is 0 Å². The van der Waals surface area contributed by atoms with Crippen molar-refractivity contribution in [1.82, 2.24) is 10.0 Å². The van der Waals surface area contributed by atoms with Gasteiger partial charge in [0.15, 0.2) is 0 Å². The number of ether oxygens (including phenoxy) is 1. The molecule has 0 saturated heterocycles. The van der Waals surface area contributed by atoms with Gasteiger partial charge in [-0.15, -0.1) is 12.4 Å². The number of hydrogen-bond acceptors (Lipinski definition) is 4. The van der Waals surface area contributed by atoms with Crippen LogP contribution in [0, 0.1) is 0 Å². The summed E-state index contributed by atoms with van der Waals surface area (Å²) in [4.78, 5) is -0.107. The molecule has 22 heavy (non-hydrogen) atoms. The molecule has 0 aliphatic carbocycles. The monoisotopic (exact) mass is 378 g/mol. The Morgan fingerprint density at radius 3 is 2.50 bits per heavy atom. The minimum absolute atomic E-state index is 0. The second-order valence-electron chi connectivity index (χ2n) is 4.12. The van der Waals surface area contributed by atoms with Crippen LogP contribution < -0.4 is 14.8 Å². The van der Waals surface area contributed by atoms with Crippen LogP contribution in [-0.2, 0) is 10.0 Å². The standard InChI is InChI=1S/C12H17ClF2N2O3S.ClH/c1-2-5-16-6-7-17-21(18,19)9-3-4-11(10(13)8-9)20-12(14)15;/h3-4,8,12,16-17H,2,5-7H2,1H3;1H. The molecule has 0 fully saturated rings. The highest BCUT2D eigenvalue weighted by atomic mass is 35.5. The van der Waals surface area contributed by atoms with Crippen molar-refractivity contribution in [2.24, 2.45) is 0 Å². The van der Waals surface area contributed by atoms with E-state index in [4.69, 9.17) is 11.6 Å². The van der Waals surface area contributed by atoms with Crippen molar-refractivity contribution in [2.75, 3.05) is 19.6 Å². The van der Waals surface area contributed by atoms with E-state index >= 15 is 0 Å². The maximum Gasteiger partial charge on any atom is 0.387 e. The molecule has 0 bridgehead atoms. The molecular weight excluding hydrogens is 361 g/mol. The Labute approximate surface area is 139 Å². The summed E-state index contributed by atoms with van der Waals surface area (Å²) >= 11 is 5.72. The van der Waals surface area contributed by atoms with Gasteiger partial charge in [-0.05, 0) is 31.2 Å². The van der Waals surface area contributed by atoms with E-state index in [0.717, 1.165) is 31.2 Å². The number of halogens is 4. The number of hydrogen-bond donors (Lipinski definition) is 2. The maximum atomic E-state index is 12.1. The third-order valence-electron chi connectivity index (χ3n) is 2.45. The van der Waals surface area contributed by atoms with E-state index in [2.05, 4.69) is 14.8 Å². The minimum atomic E-state index is -3.73. The Bertz CT molecular complexity index is 559. The van der Waals surface area contributed by atoms with E-state index < -0.39 is 16.6 Å². The molecule has 5 nitrogen and oxygen atoms in total. The molecule has 0 aliphatic heterocycles. The summed E-state index contributed by atoms with van der Waals surface area (Å²) in [6, 6.07) is 3.32. The quantitative estimate of drug-likeness (QED) is 0.648. The maximum absolute atomic E-state index is 12.1. The van der Waals surface area contributed by atoms with Crippen molar-refractivity contribution in [3.63, 3.8) is 0 Å². The molecule has 1 rings (SSSR count). The van der Waals surface area contributed by atoms with Crippen LogP contribution in [-0.4, -0.2) is 34.7 Å². The topological polar surface area (TPSA) is 67.4 Å². The zero-order valence-electron chi connectivity index (χ0n) is 11.8. The molecule has 2 N–H and O–H groups in total. The van der Waals surface area contributed by atoms with Crippen LogP contribution in [0.1, 0.15) is 13.3 Å². The van der Waals surface area contributed by atoms with Crippen molar-refractivity contribution in [1.29, 1.82) is 0 Å². The SMILES string of the molecule is CCCNCCNS(=O)(=O)c1ccc(OC(F)F)c(Cl)c1.Cl. The Balaban J connectivity index is 0.00000441. The molecule has 128 valence electrons. The van der Waals surface area contributed by atoms with Gasteiger partial charge in [-0.2, -0.15) is 8.78 Å². The van der Waals surface area contributed by atoms with Crippen molar-refractivity contribution in [2.45, 2.75) is 24.9 Å². The summed E-state index contributed by atoms with van der Waals surface area (Å²) in [6.07, 6.45) is 0.952. The highest BCUT2D eigenvalue weighted by Gasteiger charge is 2.16. The van der Waals surface area contributed by atoms with Crippen LogP contribution in [0.2, 0.25) is 5.02 Å². The molecule has 1 aromatic carbocycles. The van der Waals surface area contributed by atoms with Crippen molar-refractivity contribution in [3.05, 3.63) is 23.2 Å². The van der Waals surface area contributed by atoms with Crippen LogP contribution in [0.5, 0.6) is 5.75 Å². The van der Waals surface area contributed by atoms with E-state index in [1.54, 1.807) is 0 Å². The zero-order valence-corrected chi connectivity index (χ0v) is 14.2. The smallest absolute Gasteiger partial charge is 0.387 e. The van der Waals surface area contributed by atoms with Crippen LogP contribution in [0.15, 0.2) is 23.1 Å². The number of benzene rings is 1. The Morgan fingerprint density at radius 2 is 1.95 bits per heavy atom. The average molecular weight is 379 g/mol. The summed E-state index contributed by atoms with van der Waals surface area (Å²) in [7, 11) is -3.73. The summed E-state index contributed by atoms with van der Waals surface area (Å²) in [6.45, 7) is 0.491. The molecule has 10 heteroatoms. The third kappa shape index (κ3) is 7.06. The fourth-order valence-corrected chi connectivity index (χ4v) is 2.85. The molecule has 0 heterocycles. The first kappa shape index (κ1) is 21.3. The summed E-state index contributed by atoms with van der Waals surface area (Å²) in [5.41, 5.74) is 0. The first-order valence-electron chi connectivity index (χ1n) is 6.31. The molecule has 0 aromatic heterocycles. The molecule has 0 unspecified atom stereocenters. The number of nitrogens with one attached hydrogen (secondary N) is 2. The van der Waals surface area contributed by atoms with Gasteiger partial charge in [0, 0.05) is 13.1 Å². The number of alkyl halides is 2. The van der Waals surface area contributed by atoms with E-state index in [1.807, 2.05) is 6.92 Å². The number of rotatable bonds is 9. The predicted molar refractivity (Wildman–Crippen MR) is 83.7 cm³/mol. The lowest BCUT2D eigenvalue weighted by Gasteiger charge is -2.10. The van der Waals surface area contributed by atoms with Crippen LogP contribution in [0.4, 0.5) is 8.78 Å². The van der Waals surface area contributed by atoms with Crippen LogP contribution >= 0.6 is 24.0 Å². The fraction of sp³-hybridized carbons (Fsp3) is 0.500. The van der Waals surface area contributed by atoms with E-state index in [0.29, 0.717) is 6.54 Å². The van der Waals surface area contributed by atoms with Crippen molar-refractivity contribution >= 4 is 34.0 Å². The molecule has 0 amide bonds. The molecule has 0 saturated carbocycles. The Hall–Kier alpha value is -0.670. The van der Waals surface area contributed by atoms with Crippen LogP contribution in [0.25, 0.3) is 0 Å². The largest absolute Gasteiger partial charge is 0.433 e. The molecule has 0 radical (unpaired) electrons. The van der Waals surface area contributed by atoms with Gasteiger partial charge < -0.3 is 10.1 Å².